The van der Waals surface area contributed by atoms with Gasteiger partial charge >= 0.3 is 12.1 Å². The summed E-state index contributed by atoms with van der Waals surface area (Å²) < 4.78 is 10.2. The van der Waals surface area contributed by atoms with E-state index in [0.717, 1.165) is 0 Å². The Kier molecular flexibility index (Phi) is 9.32. The second-order valence-electron chi connectivity index (χ2n) is 9.35. The molecule has 2 amide bonds. The van der Waals surface area contributed by atoms with Crippen LogP contribution in [0.5, 0.6) is 5.75 Å². The van der Waals surface area contributed by atoms with Crippen molar-refractivity contribution in [3.05, 3.63) is 65.2 Å². The number of carboxylic acid groups (broad SMARTS) is 1. The molecule has 1 atom stereocenters. The molecule has 0 aliphatic rings. The molecule has 0 heterocycles. The third-order valence-corrected chi connectivity index (χ3v) is 4.80. The van der Waals surface area contributed by atoms with E-state index >= 15 is 0 Å². The second kappa shape index (κ2) is 12.0. The lowest BCUT2D eigenvalue weighted by Gasteiger charge is -2.21. The summed E-state index contributed by atoms with van der Waals surface area (Å²) in [5.74, 6) is -1.96. The maximum absolute atomic E-state index is 13.0. The lowest BCUT2D eigenvalue weighted by Crippen LogP contribution is -2.44. The zero-order valence-electron chi connectivity index (χ0n) is 20.9. The Bertz CT molecular complexity index is 1120. The topological polar surface area (TPSA) is 155 Å². The minimum Gasteiger partial charge on any atom is -0.482 e. The van der Waals surface area contributed by atoms with Gasteiger partial charge in [-0.3, -0.25) is 20.3 Å². The van der Waals surface area contributed by atoms with E-state index in [1.165, 1.54) is 48.5 Å². The zero-order valence-corrected chi connectivity index (χ0v) is 20.9. The Labute approximate surface area is 209 Å². The van der Waals surface area contributed by atoms with Crippen molar-refractivity contribution in [3.63, 3.8) is 0 Å². The largest absolute Gasteiger partial charge is 0.482 e. The summed E-state index contributed by atoms with van der Waals surface area (Å²) in [5, 5.41) is 21.8. The van der Waals surface area contributed by atoms with Gasteiger partial charge in [-0.15, -0.1) is 0 Å². The van der Waals surface area contributed by atoms with Gasteiger partial charge in [-0.2, -0.15) is 0 Å². The summed E-state index contributed by atoms with van der Waals surface area (Å²) in [5.41, 5.74) is 0.292. The molecule has 0 aromatic heterocycles. The van der Waals surface area contributed by atoms with Gasteiger partial charge < -0.3 is 19.9 Å². The molecule has 0 aliphatic carbocycles. The molecular formula is C26H31N3O7. The molecule has 36 heavy (non-hydrogen) atoms. The number of benzene rings is 2. The van der Waals surface area contributed by atoms with Crippen molar-refractivity contribution in [2.45, 2.75) is 46.3 Å². The molecule has 4 N–H and O–H groups in total. The molecule has 2 aromatic rings. The monoisotopic (exact) mass is 497 g/mol. The summed E-state index contributed by atoms with van der Waals surface area (Å²) in [6.45, 7) is 8.26. The Morgan fingerprint density at radius 1 is 0.917 bits per heavy atom. The quantitative estimate of drug-likeness (QED) is 0.234. The van der Waals surface area contributed by atoms with Gasteiger partial charge in [0.25, 0.3) is 5.91 Å². The Morgan fingerprint density at radius 3 is 1.94 bits per heavy atom. The highest BCUT2D eigenvalue weighted by molar-refractivity contribution is 6.06. The highest BCUT2D eigenvalue weighted by atomic mass is 16.6. The van der Waals surface area contributed by atoms with E-state index in [4.69, 9.17) is 20.0 Å². The van der Waals surface area contributed by atoms with Gasteiger partial charge in [-0.25, -0.2) is 9.59 Å². The van der Waals surface area contributed by atoms with Gasteiger partial charge in [-0.05, 0) is 63.1 Å². The van der Waals surface area contributed by atoms with Crippen LogP contribution in [-0.4, -0.2) is 52.9 Å². The summed E-state index contributed by atoms with van der Waals surface area (Å²) in [4.78, 5) is 48.4. The standard InChI is InChI=1S/C26H31N3O7/c1-15(2)21(22(32)16-10-12-19(13-11-16)35-14-20(30)31)28-24(33)18-8-6-17(7-9-18)23(27)29-25(34)36-26(3,4)5/h6-13,15,21H,14H2,1-5H3,(H,28,33)(H,30,31)(H2,27,29,34). The maximum atomic E-state index is 13.0. The molecule has 1 unspecified atom stereocenters. The number of aliphatic carboxylic acids is 1. The molecule has 0 fully saturated rings. The van der Waals surface area contributed by atoms with Crippen LogP contribution in [0, 0.1) is 11.3 Å². The van der Waals surface area contributed by atoms with Crippen LogP contribution < -0.4 is 15.4 Å². The number of Topliss-reactive ketones (excluding diaryl/α,β-unsaturated/α-hetero) is 1. The van der Waals surface area contributed by atoms with E-state index in [0.29, 0.717) is 16.9 Å². The average molecular weight is 498 g/mol. The van der Waals surface area contributed by atoms with Gasteiger partial charge in [0.05, 0.1) is 6.04 Å². The van der Waals surface area contributed by atoms with Gasteiger partial charge in [0.1, 0.15) is 17.2 Å². The first kappa shape index (κ1) is 28.0. The van der Waals surface area contributed by atoms with Crippen molar-refractivity contribution in [1.82, 2.24) is 10.6 Å². The molecule has 10 heteroatoms. The number of alkyl carbamates (subject to hydrolysis) is 1. The zero-order chi connectivity index (χ0) is 27.0. The van der Waals surface area contributed by atoms with Gasteiger partial charge in [0.2, 0.25) is 0 Å². The second-order valence-corrected chi connectivity index (χ2v) is 9.35. The lowest BCUT2D eigenvalue weighted by atomic mass is 9.94. The van der Waals surface area contributed by atoms with Crippen LogP contribution in [0.4, 0.5) is 4.79 Å². The van der Waals surface area contributed by atoms with E-state index in [9.17, 15) is 19.2 Å². The minimum atomic E-state index is -1.11. The molecule has 2 aromatic carbocycles. The lowest BCUT2D eigenvalue weighted by molar-refractivity contribution is -0.139. The van der Waals surface area contributed by atoms with Gasteiger partial charge in [0.15, 0.2) is 12.4 Å². The molecule has 0 saturated heterocycles. The smallest absolute Gasteiger partial charge is 0.413 e. The Balaban J connectivity index is 2.05. The number of hydrogen-bond acceptors (Lipinski definition) is 7. The Hall–Kier alpha value is -4.21. The number of hydrogen-bond donors (Lipinski definition) is 4. The molecule has 192 valence electrons. The predicted octanol–water partition coefficient (Wildman–Crippen LogP) is 3.64. The van der Waals surface area contributed by atoms with E-state index < -0.39 is 36.2 Å². The third-order valence-electron chi connectivity index (χ3n) is 4.80. The number of carbonyl (C=O) groups excluding carboxylic acids is 3. The van der Waals surface area contributed by atoms with Gasteiger partial charge in [0, 0.05) is 16.7 Å². The van der Waals surface area contributed by atoms with Crippen LogP contribution >= 0.6 is 0 Å². The van der Waals surface area contributed by atoms with E-state index in [-0.39, 0.29) is 23.1 Å². The van der Waals surface area contributed by atoms with Crippen molar-refractivity contribution in [2.75, 3.05) is 6.61 Å². The third kappa shape index (κ3) is 8.53. The molecule has 2 rings (SSSR count). The first-order chi connectivity index (χ1) is 16.8. The van der Waals surface area contributed by atoms with Crippen LogP contribution in [-0.2, 0) is 9.53 Å². The number of carbonyl (C=O) groups is 4. The van der Waals surface area contributed by atoms with Gasteiger partial charge in [-0.1, -0.05) is 26.0 Å². The average Bonchev–Trinajstić information content (AvgIpc) is 2.79. The predicted molar refractivity (Wildman–Crippen MR) is 133 cm³/mol. The summed E-state index contributed by atoms with van der Waals surface area (Å²) >= 11 is 0. The van der Waals surface area contributed by atoms with Crippen LogP contribution in [0.1, 0.15) is 60.9 Å². The van der Waals surface area contributed by atoms with Crippen LogP contribution in [0.15, 0.2) is 48.5 Å². The number of amides is 2. The maximum Gasteiger partial charge on any atom is 0.413 e. The van der Waals surface area contributed by atoms with Crippen molar-refractivity contribution in [2.24, 2.45) is 5.92 Å². The molecule has 0 saturated carbocycles. The van der Waals surface area contributed by atoms with Crippen LogP contribution in [0.3, 0.4) is 0 Å². The van der Waals surface area contributed by atoms with E-state index in [2.05, 4.69) is 10.6 Å². The minimum absolute atomic E-state index is 0.178. The van der Waals surface area contributed by atoms with Crippen LogP contribution in [0.25, 0.3) is 0 Å². The highest BCUT2D eigenvalue weighted by Gasteiger charge is 2.26. The normalized spacial score (nSPS) is 11.8. The molecule has 0 bridgehead atoms. The van der Waals surface area contributed by atoms with E-state index in [1.807, 2.05) is 0 Å². The Morgan fingerprint density at radius 2 is 1.44 bits per heavy atom. The van der Waals surface area contributed by atoms with Crippen molar-refractivity contribution in [3.8, 4) is 5.75 Å². The number of amidine groups is 1. The number of ether oxygens (including phenoxy) is 2. The number of carboxylic acids is 1. The molecule has 0 radical (unpaired) electrons. The fourth-order valence-electron chi connectivity index (χ4n) is 3.07. The summed E-state index contributed by atoms with van der Waals surface area (Å²) in [6.07, 6.45) is -0.755. The van der Waals surface area contributed by atoms with E-state index in [1.54, 1.807) is 34.6 Å². The van der Waals surface area contributed by atoms with Crippen molar-refractivity contribution < 1.29 is 33.8 Å². The number of nitrogens with one attached hydrogen (secondary N) is 3. The summed E-state index contributed by atoms with van der Waals surface area (Å²) in [6, 6.07) is 11.2. The first-order valence-electron chi connectivity index (χ1n) is 11.3. The first-order valence-corrected chi connectivity index (χ1v) is 11.3. The van der Waals surface area contributed by atoms with Crippen LogP contribution in [0.2, 0.25) is 0 Å². The molecule has 0 spiro atoms. The molecular weight excluding hydrogens is 466 g/mol. The SMILES string of the molecule is CC(C)C(NC(=O)c1ccc(C(=N)NC(=O)OC(C)(C)C)cc1)C(=O)c1ccc(OCC(=O)O)cc1. The van der Waals surface area contributed by atoms with Crippen molar-refractivity contribution in [1.29, 1.82) is 5.41 Å². The fourth-order valence-corrected chi connectivity index (χ4v) is 3.07. The summed E-state index contributed by atoms with van der Waals surface area (Å²) in [7, 11) is 0. The number of rotatable bonds is 9. The highest BCUT2D eigenvalue weighted by Crippen LogP contribution is 2.17. The molecule has 10 nitrogen and oxygen atoms in total. The number of ketones is 1. The van der Waals surface area contributed by atoms with Crippen molar-refractivity contribution >= 4 is 29.6 Å². The fraction of sp³-hybridized carbons (Fsp3) is 0.346. The molecule has 0 aliphatic heterocycles.